The molecule has 0 radical (unpaired) electrons. The normalized spacial score (nSPS) is 10.8. The molecule has 0 saturated carbocycles. The minimum atomic E-state index is -0.443. The molecule has 31 heavy (non-hydrogen) atoms. The van der Waals surface area contributed by atoms with Gasteiger partial charge in [0, 0.05) is 48.6 Å². The van der Waals surface area contributed by atoms with Crippen molar-refractivity contribution in [1.82, 2.24) is 19.5 Å². The van der Waals surface area contributed by atoms with E-state index >= 15 is 0 Å². The van der Waals surface area contributed by atoms with Crippen LogP contribution in [0.3, 0.4) is 0 Å². The van der Waals surface area contributed by atoms with Gasteiger partial charge in [-0.15, -0.1) is 0 Å². The van der Waals surface area contributed by atoms with Gasteiger partial charge in [-0.2, -0.15) is 0 Å². The van der Waals surface area contributed by atoms with E-state index in [1.165, 1.54) is 13.2 Å². The van der Waals surface area contributed by atoms with Crippen LogP contribution in [0.1, 0.15) is 6.42 Å². The molecule has 2 aromatic carbocycles. The molecule has 0 aliphatic rings. The van der Waals surface area contributed by atoms with Crippen LogP contribution in [0.2, 0.25) is 0 Å². The maximum Gasteiger partial charge on any atom is 0.227 e. The number of halogens is 1. The van der Waals surface area contributed by atoms with E-state index in [4.69, 9.17) is 9.84 Å². The molecule has 0 fully saturated rings. The van der Waals surface area contributed by atoms with Gasteiger partial charge in [0.25, 0.3) is 0 Å². The Morgan fingerprint density at radius 1 is 1.03 bits per heavy atom. The molecule has 4 aromatic rings. The second-order valence-electron chi connectivity index (χ2n) is 6.84. The number of benzene rings is 2. The number of hydrogen-bond acceptors (Lipinski definition) is 6. The van der Waals surface area contributed by atoms with Crippen LogP contribution in [0.15, 0.2) is 67.1 Å². The first-order chi connectivity index (χ1) is 15.2. The predicted molar refractivity (Wildman–Crippen MR) is 117 cm³/mol. The third kappa shape index (κ3) is 4.70. The maximum atomic E-state index is 14.0. The summed E-state index contributed by atoms with van der Waals surface area (Å²) in [5.74, 6) is 1.000. The molecule has 8 heteroatoms. The van der Waals surface area contributed by atoms with Crippen molar-refractivity contribution in [2.24, 2.45) is 0 Å². The summed E-state index contributed by atoms with van der Waals surface area (Å²) in [5.41, 5.74) is 3.02. The fourth-order valence-electron chi connectivity index (χ4n) is 3.23. The Morgan fingerprint density at radius 2 is 1.84 bits per heavy atom. The van der Waals surface area contributed by atoms with Crippen molar-refractivity contribution in [2.75, 3.05) is 19.0 Å². The van der Waals surface area contributed by atoms with Crippen molar-refractivity contribution < 1.29 is 14.2 Å². The molecule has 2 heterocycles. The van der Waals surface area contributed by atoms with Crippen LogP contribution in [0.25, 0.3) is 22.6 Å². The Labute approximate surface area is 179 Å². The molecular formula is C23H22FN5O2. The SMILES string of the molecule is COc1ccc(-c2ccnc(Nc3ccc(-c4nccn4CCCO)cc3)n2)cc1F. The van der Waals surface area contributed by atoms with Gasteiger partial charge < -0.3 is 19.7 Å². The van der Waals surface area contributed by atoms with Crippen LogP contribution < -0.4 is 10.1 Å². The van der Waals surface area contributed by atoms with E-state index in [2.05, 4.69) is 20.3 Å². The third-order valence-corrected chi connectivity index (χ3v) is 4.77. The third-order valence-electron chi connectivity index (χ3n) is 4.77. The van der Waals surface area contributed by atoms with Crippen LogP contribution in [-0.2, 0) is 6.54 Å². The van der Waals surface area contributed by atoms with Crippen molar-refractivity contribution >= 4 is 11.6 Å². The highest BCUT2D eigenvalue weighted by atomic mass is 19.1. The average Bonchev–Trinajstić information content (AvgIpc) is 3.27. The van der Waals surface area contributed by atoms with Gasteiger partial charge in [0.15, 0.2) is 11.6 Å². The number of aliphatic hydroxyl groups is 1. The summed E-state index contributed by atoms with van der Waals surface area (Å²) < 4.78 is 21.0. The molecule has 0 unspecified atom stereocenters. The molecule has 4 rings (SSSR count). The monoisotopic (exact) mass is 419 g/mol. The number of aromatic nitrogens is 4. The molecule has 7 nitrogen and oxygen atoms in total. The minimum Gasteiger partial charge on any atom is -0.494 e. The number of nitrogens with one attached hydrogen (secondary N) is 1. The van der Waals surface area contributed by atoms with Gasteiger partial charge in [-0.25, -0.2) is 19.3 Å². The van der Waals surface area contributed by atoms with Crippen LogP contribution in [0.4, 0.5) is 16.0 Å². The van der Waals surface area contributed by atoms with Crippen LogP contribution in [0.5, 0.6) is 5.75 Å². The highest BCUT2D eigenvalue weighted by molar-refractivity contribution is 5.65. The Balaban J connectivity index is 1.51. The Morgan fingerprint density at radius 3 is 2.58 bits per heavy atom. The second-order valence-corrected chi connectivity index (χ2v) is 6.84. The summed E-state index contributed by atoms with van der Waals surface area (Å²) in [6, 6.07) is 14.2. The largest absolute Gasteiger partial charge is 0.494 e. The van der Waals surface area contributed by atoms with Crippen molar-refractivity contribution in [2.45, 2.75) is 13.0 Å². The number of ether oxygens (including phenoxy) is 1. The quantitative estimate of drug-likeness (QED) is 0.443. The van der Waals surface area contributed by atoms with E-state index in [0.717, 1.165) is 17.1 Å². The highest BCUT2D eigenvalue weighted by Gasteiger charge is 2.09. The van der Waals surface area contributed by atoms with Crippen molar-refractivity contribution in [3.8, 4) is 28.4 Å². The average molecular weight is 419 g/mol. The lowest BCUT2D eigenvalue weighted by Crippen LogP contribution is -2.01. The van der Waals surface area contributed by atoms with Gasteiger partial charge >= 0.3 is 0 Å². The van der Waals surface area contributed by atoms with Crippen molar-refractivity contribution in [3.63, 3.8) is 0 Å². The highest BCUT2D eigenvalue weighted by Crippen LogP contribution is 2.26. The Bertz CT molecular complexity index is 1160. The molecule has 0 spiro atoms. The number of aryl methyl sites for hydroxylation is 1. The summed E-state index contributed by atoms with van der Waals surface area (Å²) >= 11 is 0. The summed E-state index contributed by atoms with van der Waals surface area (Å²) in [6.07, 6.45) is 5.95. The molecule has 2 aromatic heterocycles. The van der Waals surface area contributed by atoms with E-state index in [0.29, 0.717) is 30.2 Å². The van der Waals surface area contributed by atoms with E-state index in [1.807, 2.05) is 35.0 Å². The topological polar surface area (TPSA) is 85.1 Å². The van der Waals surface area contributed by atoms with E-state index < -0.39 is 5.82 Å². The smallest absolute Gasteiger partial charge is 0.227 e. The first-order valence-electron chi connectivity index (χ1n) is 9.84. The molecule has 0 aliphatic heterocycles. The van der Waals surface area contributed by atoms with Crippen LogP contribution >= 0.6 is 0 Å². The van der Waals surface area contributed by atoms with Gasteiger partial charge in [-0.1, -0.05) is 0 Å². The number of aliphatic hydroxyl groups excluding tert-OH is 1. The fourth-order valence-corrected chi connectivity index (χ4v) is 3.23. The minimum absolute atomic E-state index is 0.142. The number of methoxy groups -OCH3 is 1. The summed E-state index contributed by atoms with van der Waals surface area (Å²) in [5, 5.41) is 12.2. The number of hydrogen-bond donors (Lipinski definition) is 2. The van der Waals surface area contributed by atoms with Crippen LogP contribution in [0, 0.1) is 5.82 Å². The first-order valence-corrected chi connectivity index (χ1v) is 9.84. The summed E-state index contributed by atoms with van der Waals surface area (Å²) in [4.78, 5) is 13.2. The zero-order valence-electron chi connectivity index (χ0n) is 17.0. The first kappa shape index (κ1) is 20.5. The number of nitrogens with zero attached hydrogens (tertiary/aromatic N) is 4. The molecule has 2 N–H and O–H groups in total. The zero-order valence-corrected chi connectivity index (χ0v) is 17.0. The zero-order chi connectivity index (χ0) is 21.6. The number of anilines is 2. The van der Waals surface area contributed by atoms with Gasteiger partial charge in [0.1, 0.15) is 5.82 Å². The van der Waals surface area contributed by atoms with Gasteiger partial charge in [0.2, 0.25) is 5.95 Å². The van der Waals surface area contributed by atoms with Crippen LogP contribution in [-0.4, -0.2) is 38.3 Å². The molecule has 0 atom stereocenters. The van der Waals surface area contributed by atoms with Gasteiger partial charge in [0.05, 0.1) is 12.8 Å². The van der Waals surface area contributed by atoms with Crippen molar-refractivity contribution in [3.05, 3.63) is 72.9 Å². The van der Waals surface area contributed by atoms with Crippen molar-refractivity contribution in [1.29, 1.82) is 0 Å². The maximum absolute atomic E-state index is 14.0. The van der Waals surface area contributed by atoms with E-state index in [-0.39, 0.29) is 12.4 Å². The molecule has 0 saturated heterocycles. The molecule has 0 amide bonds. The summed E-state index contributed by atoms with van der Waals surface area (Å²) in [7, 11) is 1.43. The van der Waals surface area contributed by atoms with E-state index in [1.54, 1.807) is 30.6 Å². The summed E-state index contributed by atoms with van der Waals surface area (Å²) in [6.45, 7) is 0.848. The number of imidazole rings is 1. The molecule has 158 valence electrons. The van der Waals surface area contributed by atoms with Gasteiger partial charge in [-0.3, -0.25) is 0 Å². The second kappa shape index (κ2) is 9.36. The van der Waals surface area contributed by atoms with Gasteiger partial charge in [-0.05, 0) is 55.0 Å². The lowest BCUT2D eigenvalue weighted by atomic mass is 10.1. The molecule has 0 aliphatic carbocycles. The standard InChI is InChI=1S/C23H22FN5O2/c1-31-21-8-5-17(15-19(21)24)20-9-10-26-23(28-20)27-18-6-3-16(4-7-18)22-25-11-13-29(22)12-2-14-30/h3-11,13,15,30H,2,12,14H2,1H3,(H,26,27,28). The predicted octanol–water partition coefficient (Wildman–Crippen LogP) is 4.28. The lowest BCUT2D eigenvalue weighted by molar-refractivity contribution is 0.280. The Kier molecular flexibility index (Phi) is 6.18. The number of rotatable bonds is 8. The fraction of sp³-hybridized carbons (Fsp3) is 0.174. The molecular weight excluding hydrogens is 397 g/mol. The Hall–Kier alpha value is -3.78. The van der Waals surface area contributed by atoms with E-state index in [9.17, 15) is 4.39 Å². The lowest BCUT2D eigenvalue weighted by Gasteiger charge is -2.10. The molecule has 0 bridgehead atoms.